The van der Waals surface area contributed by atoms with Crippen LogP contribution in [0.2, 0.25) is 0 Å². The predicted octanol–water partition coefficient (Wildman–Crippen LogP) is 1.35. The zero-order valence-corrected chi connectivity index (χ0v) is 12.0. The molecule has 0 atom stereocenters. The summed E-state index contributed by atoms with van der Waals surface area (Å²) in [5.74, 6) is 0. The molecule has 0 aromatic heterocycles. The molecule has 1 rings (SSSR count). The van der Waals surface area contributed by atoms with Crippen molar-refractivity contribution in [3.8, 4) is 0 Å². The third-order valence-electron chi connectivity index (χ3n) is 2.82. The summed E-state index contributed by atoms with van der Waals surface area (Å²) in [4.78, 5) is 11.5. The molecule has 8 nitrogen and oxygen atoms in total. The SMILES string of the molecule is O=C(NC/C(CC/C(CO)=N/O)=N/O)OCc1ccccc1. The molecular formula is C14H19N3O5. The Kier molecular flexibility index (Phi) is 8.06. The van der Waals surface area contributed by atoms with E-state index in [9.17, 15) is 4.79 Å². The number of benzene rings is 1. The van der Waals surface area contributed by atoms with Crippen LogP contribution >= 0.6 is 0 Å². The van der Waals surface area contributed by atoms with Crippen molar-refractivity contribution in [1.29, 1.82) is 0 Å². The summed E-state index contributed by atoms with van der Waals surface area (Å²) in [5.41, 5.74) is 1.29. The molecule has 0 heterocycles. The van der Waals surface area contributed by atoms with E-state index in [0.29, 0.717) is 0 Å². The zero-order valence-electron chi connectivity index (χ0n) is 12.0. The minimum absolute atomic E-state index is 0.00569. The quantitative estimate of drug-likeness (QED) is 0.328. The summed E-state index contributed by atoms with van der Waals surface area (Å²) in [6.45, 7) is -0.250. The Bertz CT molecular complexity index is 516. The highest BCUT2D eigenvalue weighted by molar-refractivity contribution is 5.93. The molecule has 0 aliphatic heterocycles. The molecule has 0 fully saturated rings. The van der Waals surface area contributed by atoms with Gasteiger partial charge in [0.2, 0.25) is 0 Å². The Morgan fingerprint density at radius 1 is 1.09 bits per heavy atom. The number of carbonyl (C=O) groups is 1. The second-order valence-corrected chi connectivity index (χ2v) is 4.41. The fraction of sp³-hybridized carbons (Fsp3) is 0.357. The zero-order chi connectivity index (χ0) is 16.2. The van der Waals surface area contributed by atoms with Crippen LogP contribution in [0.4, 0.5) is 4.79 Å². The van der Waals surface area contributed by atoms with E-state index in [2.05, 4.69) is 15.6 Å². The fourth-order valence-corrected chi connectivity index (χ4v) is 1.57. The van der Waals surface area contributed by atoms with Crippen LogP contribution < -0.4 is 5.32 Å². The maximum atomic E-state index is 11.5. The van der Waals surface area contributed by atoms with Crippen LogP contribution in [0.15, 0.2) is 40.6 Å². The summed E-state index contributed by atoms with van der Waals surface area (Å²) in [6, 6.07) is 9.21. The van der Waals surface area contributed by atoms with Crippen molar-refractivity contribution in [3.63, 3.8) is 0 Å². The standard InChI is InChI=1S/C14H19N3O5/c18-9-13(17-21)7-6-12(16-20)8-15-14(19)22-10-11-4-2-1-3-5-11/h1-5,18,20-21H,6-10H2,(H,15,19)/b16-12+,17-13-. The first kappa shape index (κ1) is 17.4. The first-order valence-corrected chi connectivity index (χ1v) is 6.64. The molecule has 0 aliphatic rings. The van der Waals surface area contributed by atoms with Crippen LogP contribution in [0.5, 0.6) is 0 Å². The molecule has 1 aromatic rings. The molecule has 0 saturated heterocycles. The average Bonchev–Trinajstić information content (AvgIpc) is 2.57. The number of aliphatic hydroxyl groups excluding tert-OH is 1. The number of amides is 1. The highest BCUT2D eigenvalue weighted by atomic mass is 16.5. The lowest BCUT2D eigenvalue weighted by Gasteiger charge is -2.08. The monoisotopic (exact) mass is 309 g/mol. The van der Waals surface area contributed by atoms with Gasteiger partial charge in [-0.15, -0.1) is 0 Å². The van der Waals surface area contributed by atoms with E-state index in [1.165, 1.54) is 0 Å². The molecule has 0 bridgehead atoms. The number of hydrogen-bond donors (Lipinski definition) is 4. The minimum atomic E-state index is -0.636. The van der Waals surface area contributed by atoms with Gasteiger partial charge in [-0.2, -0.15) is 0 Å². The first-order chi connectivity index (χ1) is 10.7. The smallest absolute Gasteiger partial charge is 0.407 e. The summed E-state index contributed by atoms with van der Waals surface area (Å²) >= 11 is 0. The van der Waals surface area contributed by atoms with E-state index < -0.39 is 6.09 Å². The number of oxime groups is 2. The van der Waals surface area contributed by atoms with Gasteiger partial charge in [-0.25, -0.2) is 4.79 Å². The molecule has 0 saturated carbocycles. The Hall–Kier alpha value is -2.61. The second kappa shape index (κ2) is 10.2. The van der Waals surface area contributed by atoms with Crippen molar-refractivity contribution in [2.24, 2.45) is 10.3 Å². The highest BCUT2D eigenvalue weighted by Gasteiger charge is 2.08. The van der Waals surface area contributed by atoms with Crippen molar-refractivity contribution in [1.82, 2.24) is 5.32 Å². The van der Waals surface area contributed by atoms with Gasteiger partial charge in [-0.1, -0.05) is 40.6 Å². The Labute approximate surface area is 127 Å². The van der Waals surface area contributed by atoms with Gasteiger partial charge in [0.05, 0.1) is 24.6 Å². The molecule has 0 aliphatic carbocycles. The van der Waals surface area contributed by atoms with Crippen LogP contribution in [-0.2, 0) is 11.3 Å². The van der Waals surface area contributed by atoms with E-state index in [0.717, 1.165) is 5.56 Å². The normalized spacial score (nSPS) is 12.0. The minimum Gasteiger partial charge on any atom is -0.445 e. The topological polar surface area (TPSA) is 124 Å². The third kappa shape index (κ3) is 6.71. The number of nitrogens with one attached hydrogen (secondary N) is 1. The van der Waals surface area contributed by atoms with Crippen molar-refractivity contribution < 1.29 is 25.1 Å². The van der Waals surface area contributed by atoms with Gasteiger partial charge < -0.3 is 25.6 Å². The van der Waals surface area contributed by atoms with E-state index in [4.69, 9.17) is 20.3 Å². The maximum absolute atomic E-state index is 11.5. The number of nitrogens with zero attached hydrogens (tertiary/aromatic N) is 2. The predicted molar refractivity (Wildman–Crippen MR) is 79.4 cm³/mol. The molecule has 0 spiro atoms. The van der Waals surface area contributed by atoms with E-state index in [1.807, 2.05) is 30.3 Å². The lowest BCUT2D eigenvalue weighted by molar-refractivity contribution is 0.141. The Morgan fingerprint density at radius 2 is 1.73 bits per heavy atom. The first-order valence-electron chi connectivity index (χ1n) is 6.64. The van der Waals surface area contributed by atoms with Gasteiger partial charge in [0.25, 0.3) is 0 Å². The van der Waals surface area contributed by atoms with Crippen LogP contribution in [-0.4, -0.2) is 46.2 Å². The largest absolute Gasteiger partial charge is 0.445 e. The van der Waals surface area contributed by atoms with Crippen LogP contribution in [0.25, 0.3) is 0 Å². The lowest BCUT2D eigenvalue weighted by atomic mass is 10.1. The Morgan fingerprint density at radius 3 is 2.32 bits per heavy atom. The third-order valence-corrected chi connectivity index (χ3v) is 2.82. The Balaban J connectivity index is 2.29. The van der Waals surface area contributed by atoms with Crippen molar-refractivity contribution in [3.05, 3.63) is 35.9 Å². The van der Waals surface area contributed by atoms with Gasteiger partial charge in [-0.05, 0) is 18.4 Å². The van der Waals surface area contributed by atoms with E-state index in [1.54, 1.807) is 0 Å². The van der Waals surface area contributed by atoms with E-state index >= 15 is 0 Å². The lowest BCUT2D eigenvalue weighted by Crippen LogP contribution is -2.30. The number of rotatable bonds is 8. The van der Waals surface area contributed by atoms with Gasteiger partial charge in [0.15, 0.2) is 0 Å². The maximum Gasteiger partial charge on any atom is 0.407 e. The van der Waals surface area contributed by atoms with Crippen molar-refractivity contribution >= 4 is 17.5 Å². The van der Waals surface area contributed by atoms with Crippen LogP contribution in [0.1, 0.15) is 18.4 Å². The fourth-order valence-electron chi connectivity index (χ4n) is 1.57. The molecule has 0 unspecified atom stereocenters. The average molecular weight is 309 g/mol. The van der Waals surface area contributed by atoms with Crippen molar-refractivity contribution in [2.45, 2.75) is 19.4 Å². The van der Waals surface area contributed by atoms with Crippen LogP contribution in [0.3, 0.4) is 0 Å². The number of ether oxygens (including phenoxy) is 1. The number of carbonyl (C=O) groups excluding carboxylic acids is 1. The van der Waals surface area contributed by atoms with E-state index in [-0.39, 0.29) is 44.0 Å². The molecule has 1 aromatic carbocycles. The molecular weight excluding hydrogens is 290 g/mol. The van der Waals surface area contributed by atoms with Crippen molar-refractivity contribution in [2.75, 3.05) is 13.2 Å². The summed E-state index contributed by atoms with van der Waals surface area (Å²) in [7, 11) is 0. The highest BCUT2D eigenvalue weighted by Crippen LogP contribution is 2.01. The molecule has 0 radical (unpaired) electrons. The van der Waals surface area contributed by atoms with Gasteiger partial charge in [0, 0.05) is 0 Å². The molecule has 4 N–H and O–H groups in total. The van der Waals surface area contributed by atoms with Gasteiger partial charge >= 0.3 is 6.09 Å². The van der Waals surface area contributed by atoms with Gasteiger partial charge in [-0.3, -0.25) is 0 Å². The molecule has 22 heavy (non-hydrogen) atoms. The number of alkyl carbamates (subject to hydrolysis) is 1. The molecule has 1 amide bonds. The molecule has 120 valence electrons. The summed E-state index contributed by atoms with van der Waals surface area (Å²) in [6.07, 6.45) is -0.189. The summed E-state index contributed by atoms with van der Waals surface area (Å²) in [5, 5.41) is 34.6. The number of aliphatic hydroxyl groups is 1. The number of hydrogen-bond acceptors (Lipinski definition) is 7. The van der Waals surface area contributed by atoms with Gasteiger partial charge in [0.1, 0.15) is 6.61 Å². The molecule has 8 heteroatoms. The summed E-state index contributed by atoms with van der Waals surface area (Å²) < 4.78 is 5.00. The second-order valence-electron chi connectivity index (χ2n) is 4.41. The van der Waals surface area contributed by atoms with Crippen LogP contribution in [0, 0.1) is 0 Å².